The molecule has 0 unspecified atom stereocenters. The first-order chi connectivity index (χ1) is 34.2. The van der Waals surface area contributed by atoms with E-state index in [1.165, 1.54) is 59.5 Å². The number of hydrogen-bond acceptors (Lipinski definition) is 3. The van der Waals surface area contributed by atoms with Crippen molar-refractivity contribution in [3.8, 4) is 62.0 Å². The lowest BCUT2D eigenvalue weighted by Gasteiger charge is -2.16. The fourth-order valence-corrected chi connectivity index (χ4v) is 10.6. The molecule has 0 aliphatic rings. The third-order valence-corrected chi connectivity index (χ3v) is 14.0. The second kappa shape index (κ2) is 15.7. The van der Waals surface area contributed by atoms with Crippen molar-refractivity contribution in [2.45, 2.75) is 0 Å². The molecule has 0 fully saturated rings. The highest BCUT2D eigenvalue weighted by atomic mass is 15.0. The van der Waals surface area contributed by atoms with Gasteiger partial charge in [0.05, 0.1) is 33.6 Å². The van der Waals surface area contributed by atoms with Crippen molar-refractivity contribution in [2.24, 2.45) is 0 Å². The summed E-state index contributed by atoms with van der Waals surface area (Å²) in [6.45, 7) is 0. The number of para-hydroxylation sites is 3. The van der Waals surface area contributed by atoms with E-state index in [9.17, 15) is 0 Å². The molecule has 0 spiro atoms. The summed E-state index contributed by atoms with van der Waals surface area (Å²) in [7, 11) is 0. The highest BCUT2D eigenvalue weighted by molar-refractivity contribution is 6.24. The van der Waals surface area contributed by atoms with E-state index in [0.29, 0.717) is 5.82 Å². The molecule has 0 aliphatic heterocycles. The van der Waals surface area contributed by atoms with Crippen LogP contribution in [0.25, 0.3) is 138 Å². The van der Waals surface area contributed by atoms with Crippen LogP contribution in [0.15, 0.2) is 243 Å². The Morgan fingerprint density at radius 3 is 1.42 bits per heavy atom. The van der Waals surface area contributed by atoms with Gasteiger partial charge in [-0.1, -0.05) is 200 Å². The van der Waals surface area contributed by atoms with Gasteiger partial charge in [0.1, 0.15) is 0 Å². The lowest BCUT2D eigenvalue weighted by molar-refractivity contribution is 1.18. The molecule has 0 N–H and O–H groups in total. The van der Waals surface area contributed by atoms with Gasteiger partial charge in [0.15, 0.2) is 5.82 Å². The monoisotopic (exact) mass is 876 g/mol. The molecule has 3 aromatic heterocycles. The number of hydrogen-bond donors (Lipinski definition) is 0. The van der Waals surface area contributed by atoms with E-state index in [4.69, 9.17) is 15.0 Å². The molecule has 0 radical (unpaired) electrons. The average molecular weight is 877 g/mol. The number of aromatic nitrogens is 4. The van der Waals surface area contributed by atoms with Crippen LogP contribution in [0, 0.1) is 0 Å². The topological polar surface area (TPSA) is 43.6 Å². The molecule has 0 amide bonds. The van der Waals surface area contributed by atoms with Gasteiger partial charge in [0, 0.05) is 60.4 Å². The smallest absolute Gasteiger partial charge is 0.160 e. The van der Waals surface area contributed by atoms with Crippen molar-refractivity contribution in [1.29, 1.82) is 0 Å². The summed E-state index contributed by atoms with van der Waals surface area (Å²) in [5, 5.41) is 13.1. The molecular formula is C65H40N4. The van der Waals surface area contributed by atoms with Crippen molar-refractivity contribution in [1.82, 2.24) is 19.5 Å². The van der Waals surface area contributed by atoms with Crippen LogP contribution in [0.4, 0.5) is 0 Å². The Morgan fingerprint density at radius 2 is 0.783 bits per heavy atom. The van der Waals surface area contributed by atoms with Crippen molar-refractivity contribution in [3.63, 3.8) is 0 Å². The summed E-state index contributed by atoms with van der Waals surface area (Å²) in [5.41, 5.74) is 13.4. The summed E-state index contributed by atoms with van der Waals surface area (Å²) in [4.78, 5) is 16.2. The van der Waals surface area contributed by atoms with Gasteiger partial charge in [-0.3, -0.25) is 0 Å². The zero-order chi connectivity index (χ0) is 45.4. The largest absolute Gasteiger partial charge is 0.309 e. The number of fused-ring (bicyclic) bond motifs is 10. The molecule has 14 aromatic rings. The fraction of sp³-hybridized carbons (Fsp3) is 0. The Morgan fingerprint density at radius 1 is 0.290 bits per heavy atom. The van der Waals surface area contributed by atoms with Gasteiger partial charge in [-0.2, -0.15) is 0 Å². The van der Waals surface area contributed by atoms with Crippen LogP contribution in [0.5, 0.6) is 0 Å². The molecular weight excluding hydrogens is 837 g/mol. The van der Waals surface area contributed by atoms with E-state index < -0.39 is 0 Å². The zero-order valence-corrected chi connectivity index (χ0v) is 37.4. The van der Waals surface area contributed by atoms with Gasteiger partial charge in [-0.25, -0.2) is 15.0 Å². The minimum absolute atomic E-state index is 0.671. The molecule has 0 saturated heterocycles. The normalized spacial score (nSPS) is 11.8. The lowest BCUT2D eigenvalue weighted by atomic mass is 9.92. The van der Waals surface area contributed by atoms with E-state index in [0.717, 1.165) is 72.4 Å². The molecule has 69 heavy (non-hydrogen) atoms. The first kappa shape index (κ1) is 39.0. The van der Waals surface area contributed by atoms with Crippen LogP contribution >= 0.6 is 0 Å². The minimum atomic E-state index is 0.671. The molecule has 0 atom stereocenters. The standard InChI is InChI=1S/C65H40N4/c1-3-15-47-38-49(30-24-41(47)12-1)58-40-59(50-31-25-42-13-2-4-16-48(42)39-50)67-65(66-58)46-28-26-45(27-29-46)63-57-37-34-43-14-5-6-17-52(43)62(57)56-21-11-20-53(64(56)68-63)44-32-35-51(36-33-44)69-60-22-9-7-18-54(60)55-19-8-10-23-61(55)69/h1-40H. The molecule has 0 saturated carbocycles. The predicted molar refractivity (Wildman–Crippen MR) is 289 cm³/mol. The van der Waals surface area contributed by atoms with Crippen LogP contribution < -0.4 is 0 Å². The second-order valence-corrected chi connectivity index (χ2v) is 18.0. The molecule has 3 heterocycles. The van der Waals surface area contributed by atoms with Crippen molar-refractivity contribution >= 4 is 75.8 Å². The minimum Gasteiger partial charge on any atom is -0.309 e. The highest BCUT2D eigenvalue weighted by Crippen LogP contribution is 2.41. The molecule has 320 valence electrons. The van der Waals surface area contributed by atoms with E-state index in [1.807, 2.05) is 0 Å². The molecule has 4 heteroatoms. The maximum atomic E-state index is 5.63. The van der Waals surface area contributed by atoms with E-state index in [2.05, 4.69) is 247 Å². The van der Waals surface area contributed by atoms with Crippen LogP contribution in [0.3, 0.4) is 0 Å². The van der Waals surface area contributed by atoms with Gasteiger partial charge >= 0.3 is 0 Å². The Balaban J connectivity index is 0.911. The SMILES string of the molecule is c1ccc2cc(-c3cc(-c4ccc5ccccc5c4)nc(-c4ccc(-c5nc6c(-c7ccc(-n8c9ccccc9c9ccccc98)cc7)cccc6c6c5ccc5ccccc56)cc4)n3)ccc2c1. The average Bonchev–Trinajstić information content (AvgIpc) is 3.76. The van der Waals surface area contributed by atoms with Gasteiger partial charge in [-0.05, 0) is 80.3 Å². The first-order valence-electron chi connectivity index (χ1n) is 23.5. The number of benzene rings is 11. The quantitative estimate of drug-likeness (QED) is 0.156. The van der Waals surface area contributed by atoms with Gasteiger partial charge < -0.3 is 4.57 Å². The van der Waals surface area contributed by atoms with Gasteiger partial charge in [-0.15, -0.1) is 0 Å². The van der Waals surface area contributed by atoms with Gasteiger partial charge in [0.2, 0.25) is 0 Å². The molecule has 4 nitrogen and oxygen atoms in total. The van der Waals surface area contributed by atoms with Crippen LogP contribution in [-0.4, -0.2) is 19.5 Å². The second-order valence-electron chi connectivity index (χ2n) is 18.0. The van der Waals surface area contributed by atoms with Crippen LogP contribution in [0.1, 0.15) is 0 Å². The highest BCUT2D eigenvalue weighted by Gasteiger charge is 2.19. The number of rotatable bonds is 6. The molecule has 11 aromatic carbocycles. The Bertz CT molecular complexity index is 4210. The fourth-order valence-electron chi connectivity index (χ4n) is 10.6. The summed E-state index contributed by atoms with van der Waals surface area (Å²) in [6.07, 6.45) is 0. The summed E-state index contributed by atoms with van der Waals surface area (Å²) in [5.74, 6) is 0.671. The third kappa shape index (κ3) is 6.49. The van der Waals surface area contributed by atoms with Crippen LogP contribution in [0.2, 0.25) is 0 Å². The molecule has 0 bridgehead atoms. The first-order valence-corrected chi connectivity index (χ1v) is 23.5. The van der Waals surface area contributed by atoms with E-state index in [-0.39, 0.29) is 0 Å². The molecule has 14 rings (SSSR count). The molecule has 0 aliphatic carbocycles. The Kier molecular flexibility index (Phi) is 8.86. The number of nitrogens with zero attached hydrogens (tertiary/aromatic N) is 4. The Labute approximate surface area is 398 Å². The maximum absolute atomic E-state index is 5.63. The van der Waals surface area contributed by atoms with Crippen molar-refractivity contribution in [2.75, 3.05) is 0 Å². The van der Waals surface area contributed by atoms with Crippen molar-refractivity contribution in [3.05, 3.63) is 243 Å². The van der Waals surface area contributed by atoms with E-state index >= 15 is 0 Å². The summed E-state index contributed by atoms with van der Waals surface area (Å²) in [6, 6.07) is 86.9. The zero-order valence-electron chi connectivity index (χ0n) is 37.4. The lowest BCUT2D eigenvalue weighted by Crippen LogP contribution is -1.97. The van der Waals surface area contributed by atoms with Crippen LogP contribution in [-0.2, 0) is 0 Å². The maximum Gasteiger partial charge on any atom is 0.160 e. The third-order valence-electron chi connectivity index (χ3n) is 14.0. The predicted octanol–water partition coefficient (Wildman–Crippen LogP) is 17.1. The summed E-state index contributed by atoms with van der Waals surface area (Å²) < 4.78 is 2.37. The number of pyridine rings is 1. The van der Waals surface area contributed by atoms with Gasteiger partial charge in [0.25, 0.3) is 0 Å². The van der Waals surface area contributed by atoms with E-state index in [1.54, 1.807) is 0 Å². The van der Waals surface area contributed by atoms with Crippen molar-refractivity contribution < 1.29 is 0 Å². The Hall–Kier alpha value is -9.25. The summed E-state index contributed by atoms with van der Waals surface area (Å²) >= 11 is 0.